The van der Waals surface area contributed by atoms with Gasteiger partial charge in [-0.2, -0.15) is 5.10 Å². The van der Waals surface area contributed by atoms with Crippen LogP contribution in [0.1, 0.15) is 21.7 Å². The molecule has 7 heteroatoms. The first kappa shape index (κ1) is 13.4. The number of aromatic nitrogens is 2. The molecule has 0 aliphatic heterocycles. The normalized spacial score (nSPS) is 11.1. The summed E-state index contributed by atoms with van der Waals surface area (Å²) >= 11 is 1.48. The largest absolute Gasteiger partial charge is 0.505 e. The zero-order valence-electron chi connectivity index (χ0n) is 10.6. The van der Waals surface area contributed by atoms with E-state index in [4.69, 9.17) is 0 Å². The second-order valence-electron chi connectivity index (χ2n) is 3.94. The number of anilines is 1. The van der Waals surface area contributed by atoms with Gasteiger partial charge in [0.1, 0.15) is 5.75 Å². The number of hydrogen-bond acceptors (Lipinski definition) is 7. The number of aliphatic hydroxyl groups is 1. The third kappa shape index (κ3) is 3.07. The zero-order valence-corrected chi connectivity index (χ0v) is 11.4. The van der Waals surface area contributed by atoms with Crippen molar-refractivity contribution in [2.45, 2.75) is 20.5 Å². The molecule has 0 aliphatic carbocycles. The molecule has 0 saturated heterocycles. The maximum absolute atomic E-state index is 9.91. The highest BCUT2D eigenvalue weighted by Crippen LogP contribution is 2.22. The number of pyridine rings is 1. The maximum Gasteiger partial charge on any atom is 0.203 e. The number of thiazole rings is 1. The summed E-state index contributed by atoms with van der Waals surface area (Å²) in [7, 11) is 0. The van der Waals surface area contributed by atoms with Crippen molar-refractivity contribution >= 4 is 22.7 Å². The van der Waals surface area contributed by atoms with Crippen LogP contribution < -0.4 is 5.43 Å². The first-order valence-corrected chi connectivity index (χ1v) is 6.43. The summed E-state index contributed by atoms with van der Waals surface area (Å²) in [5.41, 5.74) is 4.24. The van der Waals surface area contributed by atoms with Crippen molar-refractivity contribution in [1.29, 1.82) is 0 Å². The molecule has 0 aliphatic rings. The summed E-state index contributed by atoms with van der Waals surface area (Å²) in [5, 5.41) is 23.8. The molecule has 100 valence electrons. The number of nitrogens with one attached hydrogen (secondary N) is 1. The lowest BCUT2D eigenvalue weighted by Gasteiger charge is -2.06. The Morgan fingerprint density at radius 1 is 1.37 bits per heavy atom. The molecule has 0 bridgehead atoms. The molecule has 2 heterocycles. The van der Waals surface area contributed by atoms with E-state index in [-0.39, 0.29) is 12.4 Å². The number of aliphatic hydroxyl groups excluding tert-OH is 1. The van der Waals surface area contributed by atoms with E-state index in [1.54, 1.807) is 13.1 Å². The Bertz CT molecular complexity index is 610. The highest BCUT2D eigenvalue weighted by atomic mass is 32.1. The minimum absolute atomic E-state index is 0.0208. The van der Waals surface area contributed by atoms with Crippen LogP contribution in [0.5, 0.6) is 5.75 Å². The van der Waals surface area contributed by atoms with Gasteiger partial charge in [0.15, 0.2) is 0 Å². The average molecular weight is 278 g/mol. The summed E-state index contributed by atoms with van der Waals surface area (Å²) in [6.07, 6.45) is 4.71. The highest BCUT2D eigenvalue weighted by molar-refractivity contribution is 7.15. The molecule has 6 nitrogen and oxygen atoms in total. The molecular weight excluding hydrogens is 264 g/mol. The lowest BCUT2D eigenvalue weighted by molar-refractivity contribution is 0.280. The Hall–Kier alpha value is -1.99. The first-order chi connectivity index (χ1) is 9.11. The molecule has 2 rings (SSSR count). The van der Waals surface area contributed by atoms with Crippen LogP contribution in [-0.4, -0.2) is 26.4 Å². The first-order valence-electron chi connectivity index (χ1n) is 5.61. The molecule has 0 spiro atoms. The number of hydrogen-bond donors (Lipinski definition) is 3. The van der Waals surface area contributed by atoms with E-state index < -0.39 is 0 Å². The lowest BCUT2D eigenvalue weighted by Crippen LogP contribution is -1.99. The van der Waals surface area contributed by atoms with E-state index >= 15 is 0 Å². The number of rotatable bonds is 4. The third-order valence-electron chi connectivity index (χ3n) is 2.50. The van der Waals surface area contributed by atoms with Gasteiger partial charge in [0.05, 0.1) is 18.5 Å². The van der Waals surface area contributed by atoms with Gasteiger partial charge in [-0.1, -0.05) is 0 Å². The van der Waals surface area contributed by atoms with Crippen LogP contribution in [-0.2, 0) is 6.61 Å². The van der Waals surface area contributed by atoms with Crippen LogP contribution in [0.4, 0.5) is 5.13 Å². The minimum Gasteiger partial charge on any atom is -0.505 e. The second-order valence-corrected chi connectivity index (χ2v) is 5.17. The molecule has 0 atom stereocenters. The third-order valence-corrected chi connectivity index (χ3v) is 3.32. The van der Waals surface area contributed by atoms with Gasteiger partial charge in [-0.25, -0.2) is 4.98 Å². The van der Waals surface area contributed by atoms with Crippen molar-refractivity contribution in [3.8, 4) is 5.75 Å². The molecule has 0 amide bonds. The van der Waals surface area contributed by atoms with Crippen LogP contribution >= 0.6 is 11.3 Å². The van der Waals surface area contributed by atoms with Crippen molar-refractivity contribution in [3.63, 3.8) is 0 Å². The van der Waals surface area contributed by atoms with Gasteiger partial charge in [0, 0.05) is 28.4 Å². The van der Waals surface area contributed by atoms with Crippen LogP contribution in [0.15, 0.2) is 17.5 Å². The number of nitrogens with zero attached hydrogens (tertiary/aromatic N) is 3. The molecule has 0 radical (unpaired) electrons. The Morgan fingerprint density at radius 3 is 2.79 bits per heavy atom. The SMILES string of the molecule is Cc1cnc(NN=Cc2c(CO)cnc(C)c2O)s1. The van der Waals surface area contributed by atoms with Crippen molar-refractivity contribution in [3.05, 3.63) is 34.1 Å². The van der Waals surface area contributed by atoms with Gasteiger partial charge in [-0.3, -0.25) is 10.4 Å². The standard InChI is InChI=1S/C12H14N4O2S/c1-7-3-14-12(19-7)16-15-5-10-9(6-17)4-13-8(2)11(10)18/h3-5,17-18H,6H2,1-2H3,(H,14,16). The summed E-state index contributed by atoms with van der Waals surface area (Å²) in [5.74, 6) is 0.0208. The fourth-order valence-electron chi connectivity index (χ4n) is 1.48. The quantitative estimate of drug-likeness (QED) is 0.586. The van der Waals surface area contributed by atoms with Gasteiger partial charge in [-0.15, -0.1) is 11.3 Å². The molecule has 19 heavy (non-hydrogen) atoms. The molecule has 0 aromatic carbocycles. The van der Waals surface area contributed by atoms with Crippen LogP contribution in [0.2, 0.25) is 0 Å². The monoisotopic (exact) mass is 278 g/mol. The van der Waals surface area contributed by atoms with Crippen LogP contribution in [0, 0.1) is 13.8 Å². The molecule has 0 saturated carbocycles. The van der Waals surface area contributed by atoms with E-state index in [2.05, 4.69) is 20.5 Å². The van der Waals surface area contributed by atoms with Crippen molar-refractivity contribution < 1.29 is 10.2 Å². The van der Waals surface area contributed by atoms with E-state index in [0.29, 0.717) is 22.0 Å². The highest BCUT2D eigenvalue weighted by Gasteiger charge is 2.09. The molecule has 0 unspecified atom stereocenters. The Labute approximate surface area is 114 Å². The summed E-state index contributed by atoms with van der Waals surface area (Å²) in [4.78, 5) is 9.16. The van der Waals surface area contributed by atoms with Gasteiger partial charge in [0.2, 0.25) is 5.13 Å². The summed E-state index contributed by atoms with van der Waals surface area (Å²) in [6.45, 7) is 3.43. The molecule has 0 fully saturated rings. The molecular formula is C12H14N4O2S. The van der Waals surface area contributed by atoms with Crippen molar-refractivity contribution in [2.75, 3.05) is 5.43 Å². The molecule has 2 aromatic rings. The number of aromatic hydroxyl groups is 1. The van der Waals surface area contributed by atoms with Gasteiger partial charge in [-0.05, 0) is 13.8 Å². The predicted molar refractivity (Wildman–Crippen MR) is 74.6 cm³/mol. The minimum atomic E-state index is -0.210. The van der Waals surface area contributed by atoms with E-state index in [1.165, 1.54) is 23.7 Å². The number of aryl methyl sites for hydroxylation is 2. The summed E-state index contributed by atoms with van der Waals surface area (Å²) < 4.78 is 0. The van der Waals surface area contributed by atoms with Gasteiger partial charge < -0.3 is 10.2 Å². The molecule has 2 aromatic heterocycles. The Morgan fingerprint density at radius 2 is 2.16 bits per heavy atom. The smallest absolute Gasteiger partial charge is 0.203 e. The Balaban J connectivity index is 2.20. The van der Waals surface area contributed by atoms with Crippen LogP contribution in [0.3, 0.4) is 0 Å². The zero-order chi connectivity index (χ0) is 13.8. The van der Waals surface area contributed by atoms with Crippen molar-refractivity contribution in [2.24, 2.45) is 5.10 Å². The molecule has 3 N–H and O–H groups in total. The van der Waals surface area contributed by atoms with Crippen LogP contribution in [0.25, 0.3) is 0 Å². The Kier molecular flexibility index (Phi) is 4.08. The average Bonchev–Trinajstić information content (AvgIpc) is 2.80. The van der Waals surface area contributed by atoms with Crippen molar-refractivity contribution in [1.82, 2.24) is 9.97 Å². The fourth-order valence-corrected chi connectivity index (χ4v) is 2.10. The lowest BCUT2D eigenvalue weighted by atomic mass is 10.1. The summed E-state index contributed by atoms with van der Waals surface area (Å²) in [6, 6.07) is 0. The fraction of sp³-hybridized carbons (Fsp3) is 0.250. The second kappa shape index (κ2) is 5.77. The van der Waals surface area contributed by atoms with Gasteiger partial charge in [0.25, 0.3) is 0 Å². The van der Waals surface area contributed by atoms with E-state index in [1.807, 2.05) is 6.92 Å². The number of hydrazone groups is 1. The van der Waals surface area contributed by atoms with E-state index in [0.717, 1.165) is 4.88 Å². The maximum atomic E-state index is 9.91. The topological polar surface area (TPSA) is 90.6 Å². The predicted octanol–water partition coefficient (Wildman–Crippen LogP) is 1.80. The van der Waals surface area contributed by atoms with Gasteiger partial charge >= 0.3 is 0 Å². The van der Waals surface area contributed by atoms with E-state index in [9.17, 15) is 10.2 Å².